The number of rotatable bonds is 10. The minimum Gasteiger partial charge on any atom is -0.508 e. The molecule has 0 aromatic rings. The lowest BCUT2D eigenvalue weighted by atomic mass is 9.92. The molecule has 5 nitrogen and oxygen atoms in total. The predicted molar refractivity (Wildman–Crippen MR) is 137 cm³/mol. The molecule has 0 bridgehead atoms. The van der Waals surface area contributed by atoms with Gasteiger partial charge in [0.25, 0.3) is 0 Å². The van der Waals surface area contributed by atoms with Gasteiger partial charge in [-0.3, -0.25) is 4.90 Å². The quantitative estimate of drug-likeness (QED) is 0.286. The molecular weight excluding hydrogens is 434 g/mol. The third-order valence-electron chi connectivity index (χ3n) is 5.60. The monoisotopic (exact) mass is 467 g/mol. The molecule has 1 aliphatic carbocycles. The van der Waals surface area contributed by atoms with E-state index >= 15 is 0 Å². The molecule has 1 fully saturated rings. The molecule has 3 rings (SSSR count). The molecule has 0 spiro atoms. The van der Waals surface area contributed by atoms with Crippen LogP contribution in [0.15, 0.2) is 107 Å². The first-order chi connectivity index (χ1) is 15.9. The number of aliphatic hydroxyl groups excluding tert-OH is 3. The van der Waals surface area contributed by atoms with Gasteiger partial charge in [-0.05, 0) is 71.7 Å². The lowest BCUT2D eigenvalue weighted by Crippen LogP contribution is -2.49. The van der Waals surface area contributed by atoms with Crippen molar-refractivity contribution in [3.63, 3.8) is 0 Å². The van der Waals surface area contributed by atoms with Crippen molar-refractivity contribution in [2.24, 2.45) is 5.92 Å². The summed E-state index contributed by atoms with van der Waals surface area (Å²) in [6.45, 7) is 9.18. The average Bonchev–Trinajstić information content (AvgIpc) is 3.17. The van der Waals surface area contributed by atoms with Gasteiger partial charge in [0.15, 0.2) is 0 Å². The Balaban J connectivity index is 1.72. The number of ether oxygens (including phenoxy) is 1. The Bertz CT molecular complexity index is 961. The third-order valence-corrected chi connectivity index (χ3v) is 6.91. The molecule has 0 aromatic carbocycles. The van der Waals surface area contributed by atoms with Crippen LogP contribution in [0.2, 0.25) is 0 Å². The highest BCUT2D eigenvalue weighted by atomic mass is 32.2. The summed E-state index contributed by atoms with van der Waals surface area (Å²) in [5, 5.41) is 30.8. The van der Waals surface area contributed by atoms with Crippen molar-refractivity contribution in [1.29, 1.82) is 0 Å². The van der Waals surface area contributed by atoms with E-state index in [1.807, 2.05) is 24.3 Å². The summed E-state index contributed by atoms with van der Waals surface area (Å²) in [4.78, 5) is 4.23. The zero-order valence-corrected chi connectivity index (χ0v) is 19.9. The zero-order chi connectivity index (χ0) is 23.8. The van der Waals surface area contributed by atoms with Gasteiger partial charge in [0.05, 0.1) is 6.10 Å². The molecule has 0 saturated carbocycles. The Kier molecular flexibility index (Phi) is 9.06. The standard InChI is InChI=1S/C27H33NO4S/c1-4-7-21(30)15-24-16-25(27(33-24)19-11-13-20(29)14-12-19)26(31)10-6-9-22(8-5-2)32-23-17-28(3)18-23/h4-9,11,13-15,19,23,26,29-31H,1-2,10,12,16-18H2,3H3/b9-6-,21-7+,22-8+,24-15+/t19-,26-/m0/s1. The van der Waals surface area contributed by atoms with Crippen LogP contribution in [0.1, 0.15) is 19.3 Å². The number of hydrogen-bond donors (Lipinski definition) is 3. The number of likely N-dealkylation sites (N-methyl/N-ethyl adjacent to an activating group) is 1. The molecule has 3 aliphatic rings. The van der Waals surface area contributed by atoms with Crippen LogP contribution in [-0.2, 0) is 4.74 Å². The lowest BCUT2D eigenvalue weighted by molar-refractivity contribution is -0.00260. The summed E-state index contributed by atoms with van der Waals surface area (Å²) < 4.78 is 5.99. The van der Waals surface area contributed by atoms with Crippen LogP contribution in [0.4, 0.5) is 0 Å². The van der Waals surface area contributed by atoms with E-state index in [0.717, 1.165) is 34.2 Å². The summed E-state index contributed by atoms with van der Waals surface area (Å²) in [6, 6.07) is 0. The van der Waals surface area contributed by atoms with Crippen molar-refractivity contribution in [2.75, 3.05) is 20.1 Å². The normalized spacial score (nSPS) is 24.8. The Hall–Kier alpha value is -2.67. The minimum absolute atomic E-state index is 0.0890. The SMILES string of the molecule is C=C/C=C(O)\C=C1/CC([C@@H](O)C/C=C\C(=C/C=C)OC2CN(C)C2)=C([C@H]2C=CC(O)=CC2)S1. The first-order valence-electron chi connectivity index (χ1n) is 11.1. The second-order valence-electron chi connectivity index (χ2n) is 8.36. The van der Waals surface area contributed by atoms with E-state index in [9.17, 15) is 15.3 Å². The van der Waals surface area contributed by atoms with Crippen LogP contribution in [-0.4, -0.2) is 52.6 Å². The maximum Gasteiger partial charge on any atom is 0.124 e. The smallest absolute Gasteiger partial charge is 0.124 e. The summed E-state index contributed by atoms with van der Waals surface area (Å²) in [5.74, 6) is 1.23. The van der Waals surface area contributed by atoms with Gasteiger partial charge in [0.2, 0.25) is 0 Å². The van der Waals surface area contributed by atoms with Gasteiger partial charge >= 0.3 is 0 Å². The average molecular weight is 468 g/mol. The number of nitrogens with zero attached hydrogens (tertiary/aromatic N) is 1. The highest BCUT2D eigenvalue weighted by Gasteiger charge is 2.29. The molecule has 3 N–H and O–H groups in total. The maximum absolute atomic E-state index is 11.1. The first-order valence-corrected chi connectivity index (χ1v) is 11.9. The minimum atomic E-state index is -0.659. The van der Waals surface area contributed by atoms with E-state index in [2.05, 4.69) is 25.1 Å². The van der Waals surface area contributed by atoms with Gasteiger partial charge in [-0.1, -0.05) is 49.2 Å². The van der Waals surface area contributed by atoms with Crippen molar-refractivity contribution in [3.05, 3.63) is 107 Å². The third kappa shape index (κ3) is 7.16. The summed E-state index contributed by atoms with van der Waals surface area (Å²) in [7, 11) is 2.06. The molecule has 2 aliphatic heterocycles. The van der Waals surface area contributed by atoms with E-state index in [4.69, 9.17) is 4.74 Å². The van der Waals surface area contributed by atoms with Crippen molar-refractivity contribution >= 4 is 11.8 Å². The molecule has 6 heteroatoms. The molecule has 2 atom stereocenters. The number of aliphatic hydroxyl groups is 3. The second-order valence-corrected chi connectivity index (χ2v) is 9.52. The van der Waals surface area contributed by atoms with Crippen molar-refractivity contribution in [2.45, 2.75) is 31.5 Å². The number of allylic oxidation sites excluding steroid dienone is 11. The molecule has 2 heterocycles. The molecular formula is C27H33NO4S. The van der Waals surface area contributed by atoms with Crippen LogP contribution in [0.5, 0.6) is 0 Å². The Labute approximate surface area is 200 Å². The number of thioether (sulfide) groups is 1. The summed E-state index contributed by atoms with van der Waals surface area (Å²) in [6.07, 6.45) is 18.8. The maximum atomic E-state index is 11.1. The molecule has 0 amide bonds. The zero-order valence-electron chi connectivity index (χ0n) is 19.1. The molecule has 0 aromatic heterocycles. The molecule has 176 valence electrons. The van der Waals surface area contributed by atoms with E-state index < -0.39 is 6.10 Å². The van der Waals surface area contributed by atoms with Gasteiger partial charge in [-0.2, -0.15) is 0 Å². The predicted octanol–water partition coefficient (Wildman–Crippen LogP) is 5.61. The summed E-state index contributed by atoms with van der Waals surface area (Å²) in [5.41, 5.74) is 0.947. The second kappa shape index (κ2) is 12.0. The fraction of sp³-hybridized carbons (Fsp3) is 0.333. The number of hydrogen-bond acceptors (Lipinski definition) is 6. The van der Waals surface area contributed by atoms with Crippen molar-refractivity contribution in [3.8, 4) is 0 Å². The van der Waals surface area contributed by atoms with Crippen LogP contribution in [0.25, 0.3) is 0 Å². The lowest BCUT2D eigenvalue weighted by Gasteiger charge is -2.36. The van der Waals surface area contributed by atoms with Gasteiger partial charge in [-0.15, -0.1) is 0 Å². The molecule has 0 radical (unpaired) electrons. The van der Waals surface area contributed by atoms with E-state index in [1.54, 1.807) is 42.1 Å². The Morgan fingerprint density at radius 2 is 2.06 bits per heavy atom. The van der Waals surface area contributed by atoms with Crippen molar-refractivity contribution in [1.82, 2.24) is 4.90 Å². The first kappa shape index (κ1) is 25.0. The van der Waals surface area contributed by atoms with Gasteiger partial charge in [0.1, 0.15) is 23.4 Å². The fourth-order valence-electron chi connectivity index (χ4n) is 3.95. The van der Waals surface area contributed by atoms with Gasteiger partial charge in [0, 0.05) is 25.4 Å². The Morgan fingerprint density at radius 3 is 2.70 bits per heavy atom. The van der Waals surface area contributed by atoms with Crippen LogP contribution in [0.3, 0.4) is 0 Å². The van der Waals surface area contributed by atoms with Crippen molar-refractivity contribution < 1.29 is 20.1 Å². The highest BCUT2D eigenvalue weighted by molar-refractivity contribution is 8.07. The number of likely N-dealkylation sites (tertiary alicyclic amines) is 1. The van der Waals surface area contributed by atoms with Gasteiger partial charge in [-0.25, -0.2) is 0 Å². The highest BCUT2D eigenvalue weighted by Crippen LogP contribution is 2.48. The van der Waals surface area contributed by atoms with Crippen LogP contribution in [0, 0.1) is 5.92 Å². The summed E-state index contributed by atoms with van der Waals surface area (Å²) >= 11 is 1.58. The fourth-order valence-corrected chi connectivity index (χ4v) is 5.30. The molecule has 1 saturated heterocycles. The van der Waals surface area contributed by atoms with Crippen LogP contribution >= 0.6 is 11.8 Å². The molecule has 33 heavy (non-hydrogen) atoms. The van der Waals surface area contributed by atoms with E-state index in [0.29, 0.717) is 19.3 Å². The van der Waals surface area contributed by atoms with Crippen LogP contribution < -0.4 is 0 Å². The van der Waals surface area contributed by atoms with E-state index in [-0.39, 0.29) is 23.5 Å². The topological polar surface area (TPSA) is 73.2 Å². The molecule has 0 unspecified atom stereocenters. The van der Waals surface area contributed by atoms with Gasteiger partial charge < -0.3 is 20.1 Å². The van der Waals surface area contributed by atoms with E-state index in [1.165, 1.54) is 6.08 Å². The Morgan fingerprint density at radius 1 is 1.30 bits per heavy atom. The largest absolute Gasteiger partial charge is 0.508 e.